The van der Waals surface area contributed by atoms with E-state index in [2.05, 4.69) is 29.8 Å². The van der Waals surface area contributed by atoms with Crippen molar-refractivity contribution >= 4 is 29.2 Å². The van der Waals surface area contributed by atoms with Gasteiger partial charge >= 0.3 is 6.03 Å². The van der Waals surface area contributed by atoms with Crippen molar-refractivity contribution in [1.82, 2.24) is 10.6 Å². The smallest absolute Gasteiger partial charge is 0.321 e. The van der Waals surface area contributed by atoms with E-state index in [0.29, 0.717) is 29.8 Å². The largest absolute Gasteiger partial charge is 0.360 e. The second-order valence-corrected chi connectivity index (χ2v) is 7.78. The van der Waals surface area contributed by atoms with Crippen molar-refractivity contribution in [3.05, 3.63) is 24.0 Å². The van der Waals surface area contributed by atoms with Gasteiger partial charge in [-0.1, -0.05) is 26.7 Å². The lowest BCUT2D eigenvalue weighted by atomic mass is 9.78. The van der Waals surface area contributed by atoms with E-state index in [1.807, 2.05) is 0 Å². The molecule has 2 aliphatic rings. The molecule has 0 radical (unpaired) electrons. The predicted octanol–water partition coefficient (Wildman–Crippen LogP) is 2.62. The highest BCUT2D eigenvalue weighted by Gasteiger charge is 2.29. The molecule has 0 unspecified atom stereocenters. The maximum absolute atomic E-state index is 13.5. The van der Waals surface area contributed by atoms with Gasteiger partial charge in [-0.15, -0.1) is 0 Å². The van der Waals surface area contributed by atoms with E-state index < -0.39 is 17.8 Å². The zero-order valence-corrected chi connectivity index (χ0v) is 16.3. The molecular formula is C20H27FN4O3. The van der Waals surface area contributed by atoms with Gasteiger partial charge in [0.25, 0.3) is 0 Å². The quantitative estimate of drug-likeness (QED) is 0.740. The van der Waals surface area contributed by atoms with Gasteiger partial charge in [0.1, 0.15) is 5.82 Å². The first-order chi connectivity index (χ1) is 13.3. The molecule has 1 aliphatic heterocycles. The standard InChI is InChI=1S/C20H27FN4O3/c1-12-4-3-5-15(13(12)2)23-20(28)24-19(27)11-25-9-8-18(26)22-16-10-14(21)6-7-17(16)25/h6-7,10,12-13,15H,3-5,8-9,11H2,1-2H3,(H,22,26)(H2,23,24,27,28)/t12-,13+,15-/m1/s1. The number of hydrogen-bond acceptors (Lipinski definition) is 4. The minimum absolute atomic E-state index is 0.0558. The van der Waals surface area contributed by atoms with Crippen LogP contribution in [0.3, 0.4) is 0 Å². The van der Waals surface area contributed by atoms with Crippen LogP contribution in [0.2, 0.25) is 0 Å². The summed E-state index contributed by atoms with van der Waals surface area (Å²) < 4.78 is 13.5. The average Bonchev–Trinajstić information content (AvgIpc) is 2.77. The van der Waals surface area contributed by atoms with E-state index in [1.54, 1.807) is 4.90 Å². The Morgan fingerprint density at radius 2 is 2.07 bits per heavy atom. The summed E-state index contributed by atoms with van der Waals surface area (Å²) in [7, 11) is 0. The highest BCUT2D eigenvalue weighted by molar-refractivity contribution is 5.99. The molecule has 152 valence electrons. The van der Waals surface area contributed by atoms with Gasteiger partial charge in [-0.2, -0.15) is 0 Å². The van der Waals surface area contributed by atoms with Gasteiger partial charge in [0.05, 0.1) is 17.9 Å². The first-order valence-corrected chi connectivity index (χ1v) is 9.78. The fraction of sp³-hybridized carbons (Fsp3) is 0.550. The van der Waals surface area contributed by atoms with E-state index in [9.17, 15) is 18.8 Å². The van der Waals surface area contributed by atoms with Gasteiger partial charge in [-0.25, -0.2) is 9.18 Å². The third kappa shape index (κ3) is 4.79. The Kier molecular flexibility index (Phi) is 6.16. The summed E-state index contributed by atoms with van der Waals surface area (Å²) in [6.07, 6.45) is 3.30. The number of benzene rings is 1. The molecule has 7 nitrogen and oxygen atoms in total. The van der Waals surface area contributed by atoms with Crippen molar-refractivity contribution in [3.8, 4) is 0 Å². The van der Waals surface area contributed by atoms with E-state index in [-0.39, 0.29) is 24.9 Å². The first kappa shape index (κ1) is 20.1. The van der Waals surface area contributed by atoms with Crippen LogP contribution in [0.25, 0.3) is 0 Å². The molecule has 3 atom stereocenters. The maximum atomic E-state index is 13.5. The number of nitrogens with zero attached hydrogens (tertiary/aromatic N) is 1. The Balaban J connectivity index is 1.60. The molecule has 1 aliphatic carbocycles. The number of fused-ring (bicyclic) bond motifs is 1. The lowest BCUT2D eigenvalue weighted by molar-refractivity contribution is -0.119. The molecule has 4 amide bonds. The third-order valence-electron chi connectivity index (χ3n) is 5.79. The summed E-state index contributed by atoms with van der Waals surface area (Å²) in [5, 5.41) is 7.92. The number of amides is 4. The number of anilines is 2. The van der Waals surface area contributed by atoms with Crippen LogP contribution in [0.4, 0.5) is 20.6 Å². The summed E-state index contributed by atoms with van der Waals surface area (Å²) in [5.41, 5.74) is 0.877. The fourth-order valence-corrected chi connectivity index (χ4v) is 3.95. The number of halogens is 1. The van der Waals surface area contributed by atoms with Crippen LogP contribution in [0, 0.1) is 17.7 Å². The van der Waals surface area contributed by atoms with Crippen LogP contribution >= 0.6 is 0 Å². The Labute approximate surface area is 164 Å². The molecule has 0 spiro atoms. The van der Waals surface area contributed by atoms with E-state index in [4.69, 9.17) is 0 Å². The highest BCUT2D eigenvalue weighted by atomic mass is 19.1. The van der Waals surface area contributed by atoms with Gasteiger partial charge in [0, 0.05) is 19.0 Å². The Morgan fingerprint density at radius 3 is 2.86 bits per heavy atom. The summed E-state index contributed by atoms with van der Waals surface area (Å²) in [4.78, 5) is 38.1. The molecule has 1 heterocycles. The number of urea groups is 1. The number of rotatable bonds is 3. The maximum Gasteiger partial charge on any atom is 0.321 e. The molecule has 0 saturated heterocycles. The zero-order valence-electron chi connectivity index (χ0n) is 16.3. The summed E-state index contributed by atoms with van der Waals surface area (Å²) >= 11 is 0. The van der Waals surface area contributed by atoms with Crippen LogP contribution < -0.4 is 20.9 Å². The number of hydrogen-bond donors (Lipinski definition) is 3. The van der Waals surface area contributed by atoms with Gasteiger partial charge in [0.2, 0.25) is 11.8 Å². The number of nitrogens with one attached hydrogen (secondary N) is 3. The van der Waals surface area contributed by atoms with Crippen LogP contribution in [-0.4, -0.2) is 37.0 Å². The monoisotopic (exact) mass is 390 g/mol. The number of carbonyl (C=O) groups is 3. The molecule has 0 aromatic heterocycles. The second-order valence-electron chi connectivity index (χ2n) is 7.78. The highest BCUT2D eigenvalue weighted by Crippen LogP contribution is 2.30. The first-order valence-electron chi connectivity index (χ1n) is 9.78. The molecule has 1 saturated carbocycles. The van der Waals surface area contributed by atoms with Crippen molar-refractivity contribution in [3.63, 3.8) is 0 Å². The second kappa shape index (κ2) is 8.58. The SMILES string of the molecule is C[C@H]1[C@H](C)CCC[C@H]1NC(=O)NC(=O)CN1CCC(=O)Nc2cc(F)ccc21. The lowest BCUT2D eigenvalue weighted by Crippen LogP contribution is -2.51. The van der Waals surface area contributed by atoms with E-state index in [0.717, 1.165) is 19.3 Å². The van der Waals surface area contributed by atoms with Gasteiger partial charge in [-0.05, 0) is 36.5 Å². The topological polar surface area (TPSA) is 90.5 Å². The molecule has 3 N–H and O–H groups in total. The van der Waals surface area contributed by atoms with Crippen molar-refractivity contribution in [2.45, 2.75) is 45.6 Å². The molecule has 0 bridgehead atoms. The Bertz CT molecular complexity index is 770. The summed E-state index contributed by atoms with van der Waals surface area (Å²) in [6, 6.07) is 3.58. The Morgan fingerprint density at radius 1 is 1.29 bits per heavy atom. The minimum Gasteiger partial charge on any atom is -0.360 e. The van der Waals surface area contributed by atoms with Crippen molar-refractivity contribution in [2.75, 3.05) is 23.3 Å². The number of imide groups is 1. The zero-order chi connectivity index (χ0) is 20.3. The van der Waals surface area contributed by atoms with Crippen LogP contribution in [-0.2, 0) is 9.59 Å². The minimum atomic E-state index is -0.501. The van der Waals surface area contributed by atoms with E-state index in [1.165, 1.54) is 18.2 Å². The molecule has 28 heavy (non-hydrogen) atoms. The molecule has 1 fully saturated rings. The van der Waals surface area contributed by atoms with Crippen LogP contribution in [0.5, 0.6) is 0 Å². The van der Waals surface area contributed by atoms with Gasteiger partial charge < -0.3 is 15.5 Å². The normalized spacial score (nSPS) is 24.6. The van der Waals surface area contributed by atoms with E-state index >= 15 is 0 Å². The number of carbonyl (C=O) groups excluding carboxylic acids is 3. The predicted molar refractivity (Wildman–Crippen MR) is 105 cm³/mol. The summed E-state index contributed by atoms with van der Waals surface area (Å²) in [6.45, 7) is 4.50. The van der Waals surface area contributed by atoms with Gasteiger partial charge in [0.15, 0.2) is 0 Å². The molecular weight excluding hydrogens is 363 g/mol. The van der Waals surface area contributed by atoms with Crippen molar-refractivity contribution in [2.24, 2.45) is 11.8 Å². The Hall–Kier alpha value is -2.64. The third-order valence-corrected chi connectivity index (χ3v) is 5.79. The van der Waals surface area contributed by atoms with Crippen LogP contribution in [0.15, 0.2) is 18.2 Å². The van der Waals surface area contributed by atoms with Crippen molar-refractivity contribution in [1.29, 1.82) is 0 Å². The molecule has 8 heteroatoms. The molecule has 3 rings (SSSR count). The van der Waals surface area contributed by atoms with Crippen LogP contribution in [0.1, 0.15) is 39.5 Å². The summed E-state index contributed by atoms with van der Waals surface area (Å²) in [5.74, 6) is -0.292. The van der Waals surface area contributed by atoms with Gasteiger partial charge in [-0.3, -0.25) is 14.9 Å². The average molecular weight is 390 g/mol. The lowest BCUT2D eigenvalue weighted by Gasteiger charge is -2.34. The molecule has 1 aromatic carbocycles. The fourth-order valence-electron chi connectivity index (χ4n) is 3.95. The van der Waals surface area contributed by atoms with Crippen molar-refractivity contribution < 1.29 is 18.8 Å². The molecule has 1 aromatic rings.